The van der Waals surface area contributed by atoms with Gasteiger partial charge in [-0.3, -0.25) is 23.8 Å². The molecular formula is C39H42F2N5O6P. The van der Waals surface area contributed by atoms with Gasteiger partial charge in [-0.1, -0.05) is 72.3 Å². The Morgan fingerprint density at radius 1 is 0.943 bits per heavy atom. The number of halogens is 2. The average Bonchev–Trinajstić information content (AvgIpc) is 3.82. The molecular weight excluding hydrogens is 703 g/mol. The molecule has 4 N–H and O–H groups in total. The Bertz CT molecular complexity index is 2100. The Morgan fingerprint density at radius 3 is 2.43 bits per heavy atom. The summed E-state index contributed by atoms with van der Waals surface area (Å²) in [6.07, 6.45) is 4.90. The average molecular weight is 746 g/mol. The SMILES string of the molecule is O=C(N[C@@H](CC1=CCN(Cc2ccccc2)CC1)C(=O)N1CCC[C@H]1C(=O)N1CCc2ccccc2C1)c1cc2cc(C(F)(F)P(=O)(O)O)ccc2[nH]1. The first kappa shape index (κ1) is 36.7. The molecule has 278 valence electrons. The van der Waals surface area contributed by atoms with E-state index in [1.165, 1.54) is 23.3 Å². The number of hydrogen-bond donors (Lipinski definition) is 4. The third kappa shape index (κ3) is 7.84. The number of amides is 3. The lowest BCUT2D eigenvalue weighted by Crippen LogP contribution is -2.54. The van der Waals surface area contributed by atoms with Crippen molar-refractivity contribution in [3.8, 4) is 0 Å². The number of rotatable bonds is 10. The van der Waals surface area contributed by atoms with E-state index in [1.807, 2.05) is 41.3 Å². The number of H-pyrrole nitrogens is 1. The van der Waals surface area contributed by atoms with Crippen molar-refractivity contribution < 1.29 is 37.5 Å². The molecule has 4 aromatic rings. The van der Waals surface area contributed by atoms with Crippen LogP contribution in [0.25, 0.3) is 10.9 Å². The fourth-order valence-electron chi connectivity index (χ4n) is 7.61. The van der Waals surface area contributed by atoms with Gasteiger partial charge in [0.25, 0.3) is 5.91 Å². The van der Waals surface area contributed by atoms with Gasteiger partial charge in [-0.15, -0.1) is 0 Å². The monoisotopic (exact) mass is 745 g/mol. The van der Waals surface area contributed by atoms with E-state index < -0.39 is 36.8 Å². The minimum Gasteiger partial charge on any atom is -0.351 e. The van der Waals surface area contributed by atoms with Crippen molar-refractivity contribution >= 4 is 36.2 Å². The normalized spacial score (nSPS) is 18.8. The molecule has 11 nitrogen and oxygen atoms in total. The third-order valence-electron chi connectivity index (χ3n) is 10.5. The lowest BCUT2D eigenvalue weighted by atomic mass is 9.97. The zero-order chi connectivity index (χ0) is 37.3. The van der Waals surface area contributed by atoms with E-state index in [1.54, 1.807) is 4.90 Å². The van der Waals surface area contributed by atoms with Crippen molar-refractivity contribution in [1.82, 2.24) is 25.0 Å². The maximum atomic E-state index is 14.5. The molecule has 3 amide bonds. The van der Waals surface area contributed by atoms with Gasteiger partial charge >= 0.3 is 13.3 Å². The fraction of sp³-hybridized carbons (Fsp3) is 0.359. The maximum Gasteiger partial charge on any atom is 0.399 e. The van der Waals surface area contributed by atoms with E-state index in [-0.39, 0.29) is 29.3 Å². The van der Waals surface area contributed by atoms with Crippen molar-refractivity contribution in [3.63, 3.8) is 0 Å². The zero-order valence-electron chi connectivity index (χ0n) is 29.1. The molecule has 7 rings (SSSR count). The predicted octanol–water partition coefficient (Wildman–Crippen LogP) is 5.29. The first-order valence-electron chi connectivity index (χ1n) is 17.8. The van der Waals surface area contributed by atoms with Gasteiger partial charge in [-0.2, -0.15) is 8.78 Å². The predicted molar refractivity (Wildman–Crippen MR) is 195 cm³/mol. The minimum atomic E-state index is -5.80. The van der Waals surface area contributed by atoms with E-state index in [4.69, 9.17) is 0 Å². The van der Waals surface area contributed by atoms with Crippen LogP contribution in [0.5, 0.6) is 0 Å². The highest BCUT2D eigenvalue weighted by Gasteiger charge is 2.50. The molecule has 3 aromatic carbocycles. The zero-order valence-corrected chi connectivity index (χ0v) is 30.0. The van der Waals surface area contributed by atoms with Gasteiger partial charge in [0.2, 0.25) is 11.8 Å². The molecule has 4 heterocycles. The van der Waals surface area contributed by atoms with Gasteiger partial charge in [0, 0.05) is 55.7 Å². The molecule has 0 spiro atoms. The number of benzene rings is 3. The first-order valence-corrected chi connectivity index (χ1v) is 19.5. The number of nitrogens with zero attached hydrogens (tertiary/aromatic N) is 3. The number of nitrogens with one attached hydrogen (secondary N) is 2. The highest BCUT2D eigenvalue weighted by Crippen LogP contribution is 2.59. The topological polar surface area (TPSA) is 146 Å². The van der Waals surface area contributed by atoms with E-state index in [0.29, 0.717) is 51.0 Å². The second kappa shape index (κ2) is 15.0. The summed E-state index contributed by atoms with van der Waals surface area (Å²) in [6.45, 7) is 3.62. The lowest BCUT2D eigenvalue weighted by molar-refractivity contribution is -0.145. The van der Waals surface area contributed by atoms with Crippen LogP contribution in [-0.4, -0.2) is 85.5 Å². The number of carbonyl (C=O) groups is 3. The fourth-order valence-corrected chi connectivity index (χ4v) is 8.09. The van der Waals surface area contributed by atoms with Crippen LogP contribution in [-0.2, 0) is 39.3 Å². The van der Waals surface area contributed by atoms with Gasteiger partial charge in [0.05, 0.1) is 0 Å². The van der Waals surface area contributed by atoms with Crippen molar-refractivity contribution in [2.45, 2.75) is 62.9 Å². The number of likely N-dealkylation sites (tertiary alicyclic amines) is 1. The van der Waals surface area contributed by atoms with E-state index >= 15 is 0 Å². The third-order valence-corrected chi connectivity index (χ3v) is 11.5. The largest absolute Gasteiger partial charge is 0.399 e. The van der Waals surface area contributed by atoms with Crippen LogP contribution in [0.15, 0.2) is 90.5 Å². The molecule has 0 bridgehead atoms. The maximum absolute atomic E-state index is 14.5. The minimum absolute atomic E-state index is 0.0119. The van der Waals surface area contributed by atoms with Gasteiger partial charge in [0.15, 0.2) is 0 Å². The highest BCUT2D eigenvalue weighted by atomic mass is 31.2. The van der Waals surface area contributed by atoms with Gasteiger partial charge in [-0.25, -0.2) is 0 Å². The Morgan fingerprint density at radius 2 is 1.70 bits per heavy atom. The quantitative estimate of drug-likeness (QED) is 0.128. The molecule has 14 heteroatoms. The summed E-state index contributed by atoms with van der Waals surface area (Å²) >= 11 is 0. The van der Waals surface area contributed by atoms with E-state index in [2.05, 4.69) is 39.5 Å². The number of hydrogen-bond acceptors (Lipinski definition) is 5. The number of aromatic nitrogens is 1. The summed E-state index contributed by atoms with van der Waals surface area (Å²) in [5.74, 6) is -1.12. The van der Waals surface area contributed by atoms with Crippen molar-refractivity contribution in [2.24, 2.45) is 0 Å². The summed E-state index contributed by atoms with van der Waals surface area (Å²) in [7, 11) is -5.80. The molecule has 53 heavy (non-hydrogen) atoms. The summed E-state index contributed by atoms with van der Waals surface area (Å²) in [4.78, 5) is 69.2. The second-order valence-corrected chi connectivity index (χ2v) is 15.8. The van der Waals surface area contributed by atoms with Gasteiger partial charge in [0.1, 0.15) is 17.8 Å². The summed E-state index contributed by atoms with van der Waals surface area (Å²) < 4.78 is 40.4. The van der Waals surface area contributed by atoms with Crippen molar-refractivity contribution in [1.29, 1.82) is 0 Å². The van der Waals surface area contributed by atoms with Crippen LogP contribution in [0.2, 0.25) is 0 Å². The molecule has 2 atom stereocenters. The molecule has 1 fully saturated rings. The molecule has 0 unspecified atom stereocenters. The van der Waals surface area contributed by atoms with Gasteiger partial charge < -0.3 is 29.9 Å². The van der Waals surface area contributed by atoms with Gasteiger partial charge in [-0.05, 0) is 67.0 Å². The summed E-state index contributed by atoms with van der Waals surface area (Å²) in [5, 5.41) is 3.02. The molecule has 1 saturated heterocycles. The van der Waals surface area contributed by atoms with E-state index in [0.717, 1.165) is 42.8 Å². The highest BCUT2D eigenvalue weighted by molar-refractivity contribution is 7.52. The number of carbonyl (C=O) groups excluding carboxylic acids is 3. The Labute approximate surface area is 305 Å². The Kier molecular flexibility index (Phi) is 10.4. The van der Waals surface area contributed by atoms with Crippen LogP contribution in [0.4, 0.5) is 8.78 Å². The molecule has 0 radical (unpaired) electrons. The number of alkyl halides is 2. The van der Waals surface area contributed by atoms with Crippen LogP contribution >= 0.6 is 7.60 Å². The van der Waals surface area contributed by atoms with Crippen LogP contribution in [0.3, 0.4) is 0 Å². The molecule has 3 aliphatic rings. The second-order valence-electron chi connectivity index (χ2n) is 14.1. The first-order chi connectivity index (χ1) is 25.4. The van der Waals surface area contributed by atoms with Crippen molar-refractivity contribution in [3.05, 3.63) is 118 Å². The lowest BCUT2D eigenvalue weighted by Gasteiger charge is -2.35. The Balaban J connectivity index is 1.11. The van der Waals surface area contributed by atoms with Crippen molar-refractivity contribution in [2.75, 3.05) is 26.2 Å². The van der Waals surface area contributed by atoms with Crippen LogP contribution < -0.4 is 5.32 Å². The molecule has 3 aliphatic heterocycles. The summed E-state index contributed by atoms with van der Waals surface area (Å²) in [6, 6.07) is 20.9. The van der Waals surface area contributed by atoms with E-state index in [9.17, 15) is 37.5 Å². The smallest absolute Gasteiger partial charge is 0.351 e. The number of fused-ring (bicyclic) bond motifs is 2. The molecule has 0 saturated carbocycles. The summed E-state index contributed by atoms with van der Waals surface area (Å²) in [5.41, 5.74) is -0.507. The van der Waals surface area contributed by atoms with Crippen LogP contribution in [0.1, 0.15) is 58.4 Å². The Hall–Kier alpha value is -4.68. The standard InChI is InChI=1S/C39H42F2N5O6P/c40-39(41,53(50,51)52)31-12-13-32-30(22-31)23-33(42-32)36(47)43-34(21-26-14-18-44(19-15-26)24-27-7-2-1-3-8-27)37(48)46-17-6-11-35(46)38(49)45-20-16-28-9-4-5-10-29(28)25-45/h1-5,7-10,12-14,22-23,34-35,42H,6,11,15-21,24-25H2,(H,43,47)(H2,50,51,52)/t34-,35-/m0/s1. The molecule has 0 aliphatic carbocycles. The van der Waals surface area contributed by atoms with Crippen LogP contribution in [0, 0.1) is 0 Å². The molecule has 1 aromatic heterocycles. The number of aromatic amines is 1.